The Labute approximate surface area is 88.7 Å². The molecule has 1 saturated heterocycles. The van der Waals surface area contributed by atoms with E-state index in [4.69, 9.17) is 4.74 Å². The van der Waals surface area contributed by atoms with Crippen molar-refractivity contribution < 1.29 is 4.74 Å². The van der Waals surface area contributed by atoms with Crippen molar-refractivity contribution in [1.82, 2.24) is 9.97 Å². The van der Waals surface area contributed by atoms with Crippen LogP contribution >= 0.6 is 0 Å². The van der Waals surface area contributed by atoms with E-state index in [1.807, 2.05) is 6.92 Å². The second kappa shape index (κ2) is 4.14. The summed E-state index contributed by atoms with van der Waals surface area (Å²) in [5, 5.41) is 0. The average molecular weight is 208 g/mol. The van der Waals surface area contributed by atoms with E-state index in [0.29, 0.717) is 11.5 Å². The quantitative estimate of drug-likeness (QED) is 0.787. The molecule has 0 spiro atoms. The first-order valence-electron chi connectivity index (χ1n) is 5.31. The predicted octanol–water partition coefficient (Wildman–Crippen LogP) is 0.966. The molecule has 82 valence electrons. The van der Waals surface area contributed by atoms with Crippen LogP contribution in [0.5, 0.6) is 0 Å². The van der Waals surface area contributed by atoms with Crippen LogP contribution in [-0.4, -0.2) is 23.2 Å². The van der Waals surface area contributed by atoms with Gasteiger partial charge < -0.3 is 9.72 Å². The molecule has 1 aromatic rings. The number of rotatable bonds is 2. The van der Waals surface area contributed by atoms with Crippen molar-refractivity contribution in [3.8, 4) is 0 Å². The van der Waals surface area contributed by atoms with Crippen LogP contribution in [0.1, 0.15) is 23.5 Å². The van der Waals surface area contributed by atoms with Crippen molar-refractivity contribution in [2.75, 3.05) is 13.2 Å². The molecule has 1 aliphatic heterocycles. The van der Waals surface area contributed by atoms with E-state index in [1.165, 1.54) is 0 Å². The Hall–Kier alpha value is -1.16. The van der Waals surface area contributed by atoms with E-state index in [9.17, 15) is 4.79 Å². The zero-order chi connectivity index (χ0) is 10.8. The third kappa shape index (κ3) is 2.26. The van der Waals surface area contributed by atoms with Gasteiger partial charge in [-0.15, -0.1) is 0 Å². The van der Waals surface area contributed by atoms with Crippen molar-refractivity contribution in [2.24, 2.45) is 5.92 Å². The smallest absolute Gasteiger partial charge is 0.254 e. The van der Waals surface area contributed by atoms with E-state index >= 15 is 0 Å². The Morgan fingerprint density at radius 2 is 2.33 bits per heavy atom. The van der Waals surface area contributed by atoms with Gasteiger partial charge in [-0.3, -0.25) is 4.79 Å². The maximum Gasteiger partial charge on any atom is 0.254 e. The summed E-state index contributed by atoms with van der Waals surface area (Å²) in [5.74, 6) is 1.30. The summed E-state index contributed by atoms with van der Waals surface area (Å²) in [5.41, 5.74) is 1.52. The first-order valence-corrected chi connectivity index (χ1v) is 5.31. The van der Waals surface area contributed by atoms with Crippen molar-refractivity contribution in [3.05, 3.63) is 27.4 Å². The van der Waals surface area contributed by atoms with Crippen molar-refractivity contribution in [3.63, 3.8) is 0 Å². The Bertz CT molecular complexity index is 406. The molecule has 1 atom stereocenters. The first kappa shape index (κ1) is 10.4. The molecule has 0 aromatic carbocycles. The number of hydrogen-bond donors (Lipinski definition) is 1. The third-order valence-electron chi connectivity index (χ3n) is 2.95. The summed E-state index contributed by atoms with van der Waals surface area (Å²) in [6.07, 6.45) is 1.88. The van der Waals surface area contributed by atoms with Gasteiger partial charge in [0.2, 0.25) is 0 Å². The topological polar surface area (TPSA) is 55.0 Å². The van der Waals surface area contributed by atoms with E-state index in [-0.39, 0.29) is 5.56 Å². The van der Waals surface area contributed by atoms with Gasteiger partial charge in [-0.2, -0.15) is 0 Å². The Morgan fingerprint density at radius 3 is 2.93 bits per heavy atom. The van der Waals surface area contributed by atoms with Gasteiger partial charge in [0, 0.05) is 30.9 Å². The lowest BCUT2D eigenvalue weighted by atomic mass is 10.0. The maximum absolute atomic E-state index is 11.5. The average Bonchev–Trinajstić information content (AvgIpc) is 2.66. The minimum absolute atomic E-state index is 0.0172. The van der Waals surface area contributed by atoms with Gasteiger partial charge in [-0.1, -0.05) is 0 Å². The minimum Gasteiger partial charge on any atom is -0.381 e. The molecule has 1 unspecified atom stereocenters. The number of aromatic nitrogens is 2. The number of hydrogen-bond acceptors (Lipinski definition) is 3. The number of aromatic amines is 1. The molecule has 0 radical (unpaired) electrons. The van der Waals surface area contributed by atoms with Crippen molar-refractivity contribution in [1.29, 1.82) is 0 Å². The summed E-state index contributed by atoms with van der Waals surface area (Å²) in [4.78, 5) is 18.7. The Balaban J connectivity index is 2.18. The molecule has 0 aliphatic carbocycles. The number of aryl methyl sites for hydroxylation is 1. The fraction of sp³-hybridized carbons (Fsp3) is 0.636. The van der Waals surface area contributed by atoms with Crippen molar-refractivity contribution in [2.45, 2.75) is 26.7 Å². The zero-order valence-corrected chi connectivity index (χ0v) is 9.17. The van der Waals surface area contributed by atoms with Crippen LogP contribution in [0.2, 0.25) is 0 Å². The molecular weight excluding hydrogens is 192 g/mol. The molecule has 0 bridgehead atoms. The summed E-state index contributed by atoms with van der Waals surface area (Å²) < 4.78 is 5.29. The van der Waals surface area contributed by atoms with Crippen LogP contribution in [0.25, 0.3) is 0 Å². The normalized spacial score (nSPS) is 20.8. The Morgan fingerprint density at radius 1 is 1.53 bits per heavy atom. The molecule has 4 nitrogen and oxygen atoms in total. The summed E-state index contributed by atoms with van der Waals surface area (Å²) in [7, 11) is 0. The van der Waals surface area contributed by atoms with Gasteiger partial charge in [0.25, 0.3) is 5.56 Å². The van der Waals surface area contributed by atoms with Crippen LogP contribution in [0.15, 0.2) is 4.79 Å². The lowest BCUT2D eigenvalue weighted by Crippen LogP contribution is -2.18. The summed E-state index contributed by atoms with van der Waals surface area (Å²) in [6.45, 7) is 5.29. The molecular formula is C11H16N2O2. The van der Waals surface area contributed by atoms with E-state index in [2.05, 4.69) is 9.97 Å². The summed E-state index contributed by atoms with van der Waals surface area (Å²) >= 11 is 0. The lowest BCUT2D eigenvalue weighted by Gasteiger charge is -2.07. The van der Waals surface area contributed by atoms with E-state index in [1.54, 1.807) is 6.92 Å². The number of ether oxygens (including phenoxy) is 1. The molecule has 2 heterocycles. The Kier molecular flexibility index (Phi) is 2.86. The number of H-pyrrole nitrogens is 1. The highest BCUT2D eigenvalue weighted by atomic mass is 16.5. The van der Waals surface area contributed by atoms with E-state index < -0.39 is 0 Å². The number of nitrogens with zero attached hydrogens (tertiary/aromatic N) is 1. The summed E-state index contributed by atoms with van der Waals surface area (Å²) in [6, 6.07) is 0. The van der Waals surface area contributed by atoms with Crippen LogP contribution in [0.4, 0.5) is 0 Å². The third-order valence-corrected chi connectivity index (χ3v) is 2.95. The highest BCUT2D eigenvalue weighted by molar-refractivity contribution is 5.14. The largest absolute Gasteiger partial charge is 0.381 e. The van der Waals surface area contributed by atoms with Gasteiger partial charge in [-0.25, -0.2) is 4.98 Å². The van der Waals surface area contributed by atoms with Gasteiger partial charge in [0.05, 0.1) is 0 Å². The first-order chi connectivity index (χ1) is 7.16. The van der Waals surface area contributed by atoms with Gasteiger partial charge in [0.15, 0.2) is 0 Å². The molecule has 1 N–H and O–H groups in total. The molecule has 15 heavy (non-hydrogen) atoms. The maximum atomic E-state index is 11.5. The fourth-order valence-corrected chi connectivity index (χ4v) is 1.82. The number of nitrogens with one attached hydrogen (secondary N) is 1. The lowest BCUT2D eigenvalue weighted by molar-refractivity contribution is 0.185. The minimum atomic E-state index is -0.0172. The van der Waals surface area contributed by atoms with Gasteiger partial charge in [0.1, 0.15) is 5.82 Å². The molecule has 2 rings (SSSR count). The molecule has 4 heteroatoms. The van der Waals surface area contributed by atoms with E-state index in [0.717, 1.165) is 37.6 Å². The van der Waals surface area contributed by atoms with Crippen LogP contribution in [0.3, 0.4) is 0 Å². The molecule has 1 aliphatic rings. The highest BCUT2D eigenvalue weighted by Crippen LogP contribution is 2.15. The van der Waals surface area contributed by atoms with Gasteiger partial charge >= 0.3 is 0 Å². The molecule has 1 aromatic heterocycles. The fourth-order valence-electron chi connectivity index (χ4n) is 1.82. The molecule has 0 saturated carbocycles. The second-order valence-corrected chi connectivity index (χ2v) is 4.16. The molecule has 0 amide bonds. The van der Waals surface area contributed by atoms with Gasteiger partial charge in [-0.05, 0) is 26.2 Å². The SMILES string of the molecule is Cc1nc(CC2CCOC2)[nH]c(=O)c1C. The standard InChI is InChI=1S/C11H16N2O2/c1-7-8(2)12-10(13-11(7)14)5-9-3-4-15-6-9/h9H,3-6H2,1-2H3,(H,12,13,14). The van der Waals surface area contributed by atoms with Crippen LogP contribution < -0.4 is 5.56 Å². The second-order valence-electron chi connectivity index (χ2n) is 4.16. The predicted molar refractivity (Wildman–Crippen MR) is 57.0 cm³/mol. The van der Waals surface area contributed by atoms with Crippen LogP contribution in [-0.2, 0) is 11.2 Å². The van der Waals surface area contributed by atoms with Crippen LogP contribution in [0, 0.1) is 19.8 Å². The van der Waals surface area contributed by atoms with Crippen molar-refractivity contribution >= 4 is 0 Å². The highest BCUT2D eigenvalue weighted by Gasteiger charge is 2.17. The molecule has 1 fully saturated rings. The zero-order valence-electron chi connectivity index (χ0n) is 9.17. The monoisotopic (exact) mass is 208 g/mol.